The van der Waals surface area contributed by atoms with E-state index in [2.05, 4.69) is 25.8 Å². The molecule has 0 fully saturated rings. The molecule has 3 aromatic rings. The molecule has 23 heavy (non-hydrogen) atoms. The maximum atomic E-state index is 13.3. The maximum absolute atomic E-state index is 13.3. The zero-order chi connectivity index (χ0) is 17.0. The van der Waals surface area contributed by atoms with Gasteiger partial charge >= 0.3 is 6.18 Å². The van der Waals surface area contributed by atoms with Gasteiger partial charge in [-0.2, -0.15) is 13.2 Å². The number of thiophene rings is 1. The Labute approximate surface area is 141 Å². The van der Waals surface area contributed by atoms with E-state index in [0.29, 0.717) is 10.1 Å². The zero-order valence-electron chi connectivity index (χ0n) is 12.9. The minimum absolute atomic E-state index is 0.112. The Bertz CT molecular complexity index is 891. The van der Waals surface area contributed by atoms with Crippen molar-refractivity contribution in [2.24, 2.45) is 5.41 Å². The third-order valence-corrected chi connectivity index (χ3v) is 5.12. The summed E-state index contributed by atoms with van der Waals surface area (Å²) in [5.74, 6) is 0. The largest absolute Gasteiger partial charge is 0.418 e. The Kier molecular flexibility index (Phi) is 3.84. The van der Waals surface area contributed by atoms with Crippen LogP contribution < -0.4 is 0 Å². The third kappa shape index (κ3) is 3.17. The molecule has 1 nitrogen and oxygen atoms in total. The van der Waals surface area contributed by atoms with Gasteiger partial charge in [-0.05, 0) is 23.5 Å². The van der Waals surface area contributed by atoms with Gasteiger partial charge in [-0.1, -0.05) is 44.5 Å². The Hall–Kier alpha value is -1.33. The summed E-state index contributed by atoms with van der Waals surface area (Å²) in [5, 5.41) is 0.852. The number of halogens is 4. The van der Waals surface area contributed by atoms with Crippen LogP contribution in [0.3, 0.4) is 0 Å². The average Bonchev–Trinajstić information content (AvgIpc) is 2.75. The predicted molar refractivity (Wildman–Crippen MR) is 90.3 cm³/mol. The molecule has 0 atom stereocenters. The van der Waals surface area contributed by atoms with Crippen LogP contribution in [0.15, 0.2) is 24.4 Å². The van der Waals surface area contributed by atoms with Gasteiger partial charge in [-0.3, -0.25) is 0 Å². The molecule has 0 saturated carbocycles. The van der Waals surface area contributed by atoms with Crippen LogP contribution in [-0.2, 0) is 12.6 Å². The molecule has 0 unspecified atom stereocenters. The number of hydrogen-bond donors (Lipinski definition) is 0. The highest BCUT2D eigenvalue weighted by molar-refractivity contribution is 7.26. The molecule has 6 heteroatoms. The van der Waals surface area contributed by atoms with Gasteiger partial charge in [-0.15, -0.1) is 11.3 Å². The van der Waals surface area contributed by atoms with E-state index in [0.717, 1.165) is 22.9 Å². The molecular formula is C17H15ClF3NS. The maximum Gasteiger partial charge on any atom is 0.418 e. The molecule has 0 saturated heterocycles. The summed E-state index contributed by atoms with van der Waals surface area (Å²) >= 11 is 7.29. The minimum Gasteiger partial charge on any atom is -0.242 e. The Morgan fingerprint density at radius 1 is 1.17 bits per heavy atom. The minimum atomic E-state index is -4.45. The van der Waals surface area contributed by atoms with Crippen LogP contribution in [-0.4, -0.2) is 4.98 Å². The van der Waals surface area contributed by atoms with Crippen LogP contribution in [0.4, 0.5) is 13.2 Å². The number of rotatable bonds is 1. The lowest BCUT2D eigenvalue weighted by atomic mass is 9.88. The first-order chi connectivity index (χ1) is 10.6. The molecule has 2 heterocycles. The molecule has 0 aliphatic heterocycles. The fourth-order valence-electron chi connectivity index (χ4n) is 2.74. The topological polar surface area (TPSA) is 12.9 Å². The van der Waals surface area contributed by atoms with Crippen molar-refractivity contribution in [3.05, 3.63) is 40.7 Å². The summed E-state index contributed by atoms with van der Waals surface area (Å²) in [7, 11) is 0. The predicted octanol–water partition coefficient (Wildman–Crippen LogP) is 6.71. The Balaban J connectivity index is 2.29. The van der Waals surface area contributed by atoms with Crippen LogP contribution in [0.25, 0.3) is 20.2 Å². The first-order valence-electron chi connectivity index (χ1n) is 7.13. The lowest BCUT2D eigenvalue weighted by molar-refractivity contribution is -0.136. The molecule has 0 amide bonds. The highest BCUT2D eigenvalue weighted by atomic mass is 35.5. The summed E-state index contributed by atoms with van der Waals surface area (Å²) in [4.78, 5) is 3.71. The fraction of sp³-hybridized carbons (Fsp3) is 0.353. The summed E-state index contributed by atoms with van der Waals surface area (Å²) in [6.45, 7) is 6.39. The molecule has 0 radical (unpaired) electrons. The molecule has 0 aliphatic carbocycles. The van der Waals surface area contributed by atoms with E-state index < -0.39 is 11.7 Å². The highest BCUT2D eigenvalue weighted by Gasteiger charge is 2.35. The molecule has 0 N–H and O–H groups in total. The third-order valence-electron chi connectivity index (χ3n) is 3.56. The van der Waals surface area contributed by atoms with Gasteiger partial charge in [0.1, 0.15) is 5.15 Å². The highest BCUT2D eigenvalue weighted by Crippen LogP contribution is 2.44. The van der Waals surface area contributed by atoms with E-state index in [-0.39, 0.29) is 16.0 Å². The van der Waals surface area contributed by atoms with Crippen molar-refractivity contribution in [1.29, 1.82) is 0 Å². The van der Waals surface area contributed by atoms with E-state index >= 15 is 0 Å². The van der Waals surface area contributed by atoms with Crippen LogP contribution >= 0.6 is 22.9 Å². The van der Waals surface area contributed by atoms with Crippen LogP contribution in [0, 0.1) is 5.41 Å². The van der Waals surface area contributed by atoms with E-state index in [9.17, 15) is 13.2 Å². The Morgan fingerprint density at radius 3 is 2.48 bits per heavy atom. The van der Waals surface area contributed by atoms with Gasteiger partial charge in [0.25, 0.3) is 0 Å². The van der Waals surface area contributed by atoms with Gasteiger partial charge in [0.05, 0.1) is 10.3 Å². The van der Waals surface area contributed by atoms with Crippen molar-refractivity contribution in [2.45, 2.75) is 33.4 Å². The van der Waals surface area contributed by atoms with E-state index in [1.807, 2.05) is 12.1 Å². The van der Waals surface area contributed by atoms with Crippen LogP contribution in [0.2, 0.25) is 5.15 Å². The van der Waals surface area contributed by atoms with Crippen molar-refractivity contribution in [3.63, 3.8) is 0 Å². The number of pyridine rings is 1. The summed E-state index contributed by atoms with van der Waals surface area (Å²) in [5.41, 5.74) is 0.488. The summed E-state index contributed by atoms with van der Waals surface area (Å²) < 4.78 is 41.0. The number of nitrogens with zero attached hydrogens (tertiary/aromatic N) is 1. The molecule has 122 valence electrons. The quantitative estimate of drug-likeness (QED) is 0.441. The zero-order valence-corrected chi connectivity index (χ0v) is 14.5. The van der Waals surface area contributed by atoms with Crippen molar-refractivity contribution in [3.8, 4) is 0 Å². The lowest BCUT2D eigenvalue weighted by Gasteiger charge is -2.18. The smallest absolute Gasteiger partial charge is 0.242 e. The number of aromatic nitrogens is 1. The number of alkyl halides is 3. The molecule has 3 rings (SSSR count). The van der Waals surface area contributed by atoms with Crippen molar-refractivity contribution in [1.82, 2.24) is 4.98 Å². The second kappa shape index (κ2) is 5.35. The van der Waals surface area contributed by atoms with Gasteiger partial charge < -0.3 is 0 Å². The molecule has 2 aromatic heterocycles. The van der Waals surface area contributed by atoms with Gasteiger partial charge in [0.15, 0.2) is 0 Å². The second-order valence-electron chi connectivity index (χ2n) is 6.83. The molecule has 0 aliphatic rings. The van der Waals surface area contributed by atoms with Crippen molar-refractivity contribution in [2.75, 3.05) is 0 Å². The second-order valence-corrected chi connectivity index (χ2v) is 8.24. The SMILES string of the molecule is CC(C)(C)Cc1ccc2c(c1)sc1c(Cl)ncc(C(F)(F)F)c12. The van der Waals surface area contributed by atoms with Crippen LogP contribution in [0.5, 0.6) is 0 Å². The van der Waals surface area contributed by atoms with Gasteiger partial charge in [-0.25, -0.2) is 4.98 Å². The summed E-state index contributed by atoms with van der Waals surface area (Å²) in [6.07, 6.45) is -2.77. The Morgan fingerprint density at radius 2 is 1.87 bits per heavy atom. The monoisotopic (exact) mass is 357 g/mol. The number of fused-ring (bicyclic) bond motifs is 3. The standard InChI is InChI=1S/C17H15ClF3NS/c1-16(2,3)7-9-4-5-10-12(6-9)23-14-13(10)11(17(19,20)21)8-22-15(14)18/h4-6,8H,7H2,1-3H3. The van der Waals surface area contributed by atoms with Crippen molar-refractivity contribution < 1.29 is 13.2 Å². The molecular weight excluding hydrogens is 343 g/mol. The van der Waals surface area contributed by atoms with Crippen molar-refractivity contribution >= 4 is 43.1 Å². The van der Waals surface area contributed by atoms with Crippen LogP contribution in [0.1, 0.15) is 31.9 Å². The first kappa shape index (κ1) is 16.5. The summed E-state index contributed by atoms with van der Waals surface area (Å²) in [6, 6.07) is 5.62. The van der Waals surface area contributed by atoms with E-state index in [1.165, 1.54) is 11.3 Å². The number of hydrogen-bond acceptors (Lipinski definition) is 2. The van der Waals surface area contributed by atoms with Gasteiger partial charge in [0, 0.05) is 21.7 Å². The first-order valence-corrected chi connectivity index (χ1v) is 8.32. The number of benzene rings is 1. The molecule has 1 aromatic carbocycles. The van der Waals surface area contributed by atoms with Gasteiger partial charge in [0.2, 0.25) is 0 Å². The molecule has 0 spiro atoms. The average molecular weight is 358 g/mol. The van der Waals surface area contributed by atoms with E-state index in [1.54, 1.807) is 6.07 Å². The van der Waals surface area contributed by atoms with E-state index in [4.69, 9.17) is 11.6 Å². The molecule has 0 bridgehead atoms. The normalized spacial score (nSPS) is 13.2. The fourth-order valence-corrected chi connectivity index (χ4v) is 4.16. The lowest BCUT2D eigenvalue weighted by Crippen LogP contribution is -2.08.